The number of rotatable bonds is 6. The van der Waals surface area contributed by atoms with Gasteiger partial charge < -0.3 is 24.3 Å². The largest absolute Gasteiger partial charge is 0.497 e. The molecule has 4 rings (SSSR count). The number of benzene rings is 2. The molecule has 0 saturated heterocycles. The molecule has 1 aromatic heterocycles. The van der Waals surface area contributed by atoms with Crippen molar-refractivity contribution in [2.75, 3.05) is 33.8 Å². The Balaban J connectivity index is 1.84. The van der Waals surface area contributed by atoms with Crippen LogP contribution in [0.5, 0.6) is 23.0 Å². The number of fused-ring (bicyclic) bond motifs is 1. The summed E-state index contributed by atoms with van der Waals surface area (Å²) >= 11 is 0. The van der Waals surface area contributed by atoms with E-state index in [2.05, 4.69) is 21.5 Å². The highest BCUT2D eigenvalue weighted by molar-refractivity contribution is 5.77. The maximum atomic E-state index is 5.52. The normalized spacial score (nSPS) is 15.0. The van der Waals surface area contributed by atoms with E-state index >= 15 is 0 Å². The fourth-order valence-electron chi connectivity index (χ4n) is 3.40. The molecule has 1 aliphatic rings. The summed E-state index contributed by atoms with van der Waals surface area (Å²) in [5, 5.41) is 7.72. The van der Waals surface area contributed by atoms with Crippen LogP contribution in [-0.2, 0) is 0 Å². The molecule has 29 heavy (non-hydrogen) atoms. The predicted octanol–water partition coefficient (Wildman–Crippen LogP) is 3.37. The molecule has 0 aliphatic carbocycles. The van der Waals surface area contributed by atoms with Crippen molar-refractivity contribution in [3.63, 3.8) is 0 Å². The summed E-state index contributed by atoms with van der Waals surface area (Å²) in [6, 6.07) is 11.5. The summed E-state index contributed by atoms with van der Waals surface area (Å²) in [5.74, 6) is 3.13. The van der Waals surface area contributed by atoms with Crippen molar-refractivity contribution >= 4 is 11.6 Å². The Kier molecular flexibility index (Phi) is 4.99. The molecule has 150 valence electrons. The van der Waals surface area contributed by atoms with Gasteiger partial charge >= 0.3 is 0 Å². The van der Waals surface area contributed by atoms with Crippen LogP contribution in [0.2, 0.25) is 0 Å². The van der Waals surface area contributed by atoms with Crippen LogP contribution in [0.1, 0.15) is 17.2 Å². The summed E-state index contributed by atoms with van der Waals surface area (Å²) in [6.07, 6.45) is 3.60. The molecule has 3 aromatic rings. The Morgan fingerprint density at radius 3 is 2.34 bits per heavy atom. The molecule has 8 nitrogen and oxygen atoms in total. The van der Waals surface area contributed by atoms with E-state index in [9.17, 15) is 0 Å². The van der Waals surface area contributed by atoms with Gasteiger partial charge in [0.25, 0.3) is 0 Å². The third kappa shape index (κ3) is 3.33. The number of nitrogens with one attached hydrogen (secondary N) is 1. The van der Waals surface area contributed by atoms with Gasteiger partial charge in [-0.15, -0.1) is 0 Å². The molecule has 0 radical (unpaired) electrons. The number of allylic oxidation sites excluding steroid dienone is 1. The zero-order chi connectivity index (χ0) is 20.4. The zero-order valence-electron chi connectivity index (χ0n) is 16.7. The van der Waals surface area contributed by atoms with Gasteiger partial charge in [-0.2, -0.15) is 10.1 Å². The Hall–Kier alpha value is -3.68. The molecule has 2 aromatic carbocycles. The fourth-order valence-corrected chi connectivity index (χ4v) is 3.40. The lowest BCUT2D eigenvalue weighted by Gasteiger charge is -2.25. The molecule has 0 saturated carbocycles. The SMILES string of the molecule is COc1cccc(C2=C[C@@H](c3cc(OC)c(OC)c(OC)c3)n3ncnc3N2)c1. The number of hydrogen-bond acceptors (Lipinski definition) is 7. The van der Waals surface area contributed by atoms with Gasteiger partial charge in [0, 0.05) is 11.3 Å². The molecule has 2 heterocycles. The number of methoxy groups -OCH3 is 4. The van der Waals surface area contributed by atoms with E-state index < -0.39 is 0 Å². The Labute approximate surface area is 168 Å². The Morgan fingerprint density at radius 2 is 1.69 bits per heavy atom. The van der Waals surface area contributed by atoms with Crippen molar-refractivity contribution in [2.24, 2.45) is 0 Å². The van der Waals surface area contributed by atoms with Gasteiger partial charge in [0.05, 0.1) is 28.4 Å². The molecule has 0 unspecified atom stereocenters. The van der Waals surface area contributed by atoms with E-state index in [-0.39, 0.29) is 6.04 Å². The molecule has 1 N–H and O–H groups in total. The van der Waals surface area contributed by atoms with Crippen LogP contribution in [0.3, 0.4) is 0 Å². The Morgan fingerprint density at radius 1 is 0.931 bits per heavy atom. The maximum absolute atomic E-state index is 5.52. The average Bonchev–Trinajstić information content (AvgIpc) is 3.26. The second kappa shape index (κ2) is 7.75. The van der Waals surface area contributed by atoms with Gasteiger partial charge in [0.15, 0.2) is 11.5 Å². The van der Waals surface area contributed by atoms with E-state index in [0.29, 0.717) is 23.2 Å². The van der Waals surface area contributed by atoms with Gasteiger partial charge in [-0.1, -0.05) is 12.1 Å². The van der Waals surface area contributed by atoms with Crippen LogP contribution < -0.4 is 24.3 Å². The zero-order valence-corrected chi connectivity index (χ0v) is 16.7. The first-order chi connectivity index (χ1) is 14.2. The molecule has 0 bridgehead atoms. The van der Waals surface area contributed by atoms with Gasteiger partial charge in [0.2, 0.25) is 11.7 Å². The van der Waals surface area contributed by atoms with E-state index in [0.717, 1.165) is 22.6 Å². The van der Waals surface area contributed by atoms with Crippen molar-refractivity contribution in [1.82, 2.24) is 14.8 Å². The van der Waals surface area contributed by atoms with Crippen LogP contribution in [0.15, 0.2) is 48.8 Å². The standard InChI is InChI=1S/C21H22N4O4/c1-26-15-7-5-6-13(8-15)16-11-17(25-21(24-16)22-12-23-25)14-9-18(27-2)20(29-4)19(10-14)28-3/h5-12,17H,1-4H3,(H,22,23,24)/t17-/m0/s1. The predicted molar refractivity (Wildman–Crippen MR) is 109 cm³/mol. The Bertz CT molecular complexity index is 1040. The third-order valence-corrected chi connectivity index (χ3v) is 4.82. The summed E-state index contributed by atoms with van der Waals surface area (Å²) in [7, 11) is 6.43. The highest BCUT2D eigenvalue weighted by Crippen LogP contribution is 2.42. The number of hydrogen-bond donors (Lipinski definition) is 1. The van der Waals surface area contributed by atoms with Crippen LogP contribution in [-0.4, -0.2) is 43.2 Å². The maximum Gasteiger partial charge on any atom is 0.226 e. The van der Waals surface area contributed by atoms with Gasteiger partial charge in [-0.05, 0) is 35.9 Å². The van der Waals surface area contributed by atoms with Crippen molar-refractivity contribution in [1.29, 1.82) is 0 Å². The van der Waals surface area contributed by atoms with Gasteiger partial charge in [-0.25, -0.2) is 4.68 Å². The minimum Gasteiger partial charge on any atom is -0.497 e. The van der Waals surface area contributed by atoms with E-state index in [1.165, 1.54) is 6.33 Å². The van der Waals surface area contributed by atoms with Crippen LogP contribution >= 0.6 is 0 Å². The quantitative estimate of drug-likeness (QED) is 0.687. The number of nitrogens with zero attached hydrogens (tertiary/aromatic N) is 3. The molecule has 0 fully saturated rings. The molecule has 0 amide bonds. The minimum atomic E-state index is -0.219. The molecular formula is C21H22N4O4. The lowest BCUT2D eigenvalue weighted by molar-refractivity contribution is 0.323. The topological polar surface area (TPSA) is 79.7 Å². The monoisotopic (exact) mass is 394 g/mol. The van der Waals surface area contributed by atoms with Crippen molar-refractivity contribution in [3.05, 3.63) is 59.9 Å². The van der Waals surface area contributed by atoms with Gasteiger partial charge in [0.1, 0.15) is 18.1 Å². The van der Waals surface area contributed by atoms with Crippen LogP contribution in [0, 0.1) is 0 Å². The van der Waals surface area contributed by atoms with Crippen LogP contribution in [0.25, 0.3) is 5.70 Å². The van der Waals surface area contributed by atoms with E-state index in [1.54, 1.807) is 28.4 Å². The molecule has 8 heteroatoms. The first-order valence-electron chi connectivity index (χ1n) is 9.01. The lowest BCUT2D eigenvalue weighted by Crippen LogP contribution is -2.20. The molecular weight excluding hydrogens is 372 g/mol. The van der Waals surface area contributed by atoms with Crippen LogP contribution in [0.4, 0.5) is 5.95 Å². The summed E-state index contributed by atoms with van der Waals surface area (Å²) in [6.45, 7) is 0. The minimum absolute atomic E-state index is 0.219. The number of anilines is 1. The number of aromatic nitrogens is 3. The van der Waals surface area contributed by atoms with E-state index in [4.69, 9.17) is 18.9 Å². The highest BCUT2D eigenvalue weighted by Gasteiger charge is 2.26. The molecule has 1 aliphatic heterocycles. The highest BCUT2D eigenvalue weighted by atomic mass is 16.5. The summed E-state index contributed by atoms with van der Waals surface area (Å²) in [5.41, 5.74) is 2.81. The second-order valence-electron chi connectivity index (χ2n) is 6.37. The lowest BCUT2D eigenvalue weighted by atomic mass is 10.0. The first-order valence-corrected chi connectivity index (χ1v) is 9.01. The van der Waals surface area contributed by atoms with Crippen molar-refractivity contribution in [2.45, 2.75) is 6.04 Å². The smallest absolute Gasteiger partial charge is 0.226 e. The van der Waals surface area contributed by atoms with E-state index in [1.807, 2.05) is 41.1 Å². The molecule has 1 atom stereocenters. The fraction of sp³-hybridized carbons (Fsp3) is 0.238. The molecule has 0 spiro atoms. The third-order valence-electron chi connectivity index (χ3n) is 4.82. The van der Waals surface area contributed by atoms with Crippen molar-refractivity contribution in [3.8, 4) is 23.0 Å². The van der Waals surface area contributed by atoms with Gasteiger partial charge in [-0.3, -0.25) is 0 Å². The van der Waals surface area contributed by atoms with Crippen molar-refractivity contribution < 1.29 is 18.9 Å². The number of ether oxygens (including phenoxy) is 4. The first kappa shape index (κ1) is 18.7. The average molecular weight is 394 g/mol. The second-order valence-corrected chi connectivity index (χ2v) is 6.37. The summed E-state index contributed by atoms with van der Waals surface area (Å²) in [4.78, 5) is 4.35. The summed E-state index contributed by atoms with van der Waals surface area (Å²) < 4.78 is 23.7.